The van der Waals surface area contributed by atoms with Crippen LogP contribution in [0.1, 0.15) is 34.3 Å². The molecule has 6 nitrogen and oxygen atoms in total. The van der Waals surface area contributed by atoms with Crippen LogP contribution in [0.2, 0.25) is 0 Å². The fraction of sp³-hybridized carbons (Fsp3) is 0.250. The summed E-state index contributed by atoms with van der Waals surface area (Å²) in [7, 11) is 1.72. The lowest BCUT2D eigenvalue weighted by Gasteiger charge is -2.25. The number of fused-ring (bicyclic) bond motifs is 2. The second kappa shape index (κ2) is 7.12. The van der Waals surface area contributed by atoms with Gasteiger partial charge in [-0.05, 0) is 35.7 Å². The van der Waals surface area contributed by atoms with E-state index < -0.39 is 12.5 Å². The Hall–Kier alpha value is -2.99. The zero-order valence-corrected chi connectivity index (χ0v) is 17.0. The zero-order chi connectivity index (χ0) is 20.9. The van der Waals surface area contributed by atoms with E-state index in [-0.39, 0.29) is 17.2 Å². The van der Waals surface area contributed by atoms with Crippen molar-refractivity contribution in [1.29, 1.82) is 5.26 Å². The van der Waals surface area contributed by atoms with Crippen LogP contribution in [0.4, 0.5) is 8.78 Å². The molecule has 148 valence electrons. The lowest BCUT2D eigenvalue weighted by atomic mass is 9.88. The van der Waals surface area contributed by atoms with Crippen LogP contribution in [0, 0.1) is 11.3 Å². The van der Waals surface area contributed by atoms with Crippen molar-refractivity contribution < 1.29 is 18.3 Å². The van der Waals surface area contributed by atoms with Gasteiger partial charge in [0.15, 0.2) is 0 Å². The van der Waals surface area contributed by atoms with Gasteiger partial charge >= 0.3 is 6.61 Å². The summed E-state index contributed by atoms with van der Waals surface area (Å²) in [6.07, 6.45) is 0. The molecule has 1 aromatic heterocycles. The highest BCUT2D eigenvalue weighted by Crippen LogP contribution is 2.40. The first kappa shape index (κ1) is 19.3. The third-order valence-electron chi connectivity index (χ3n) is 4.97. The summed E-state index contributed by atoms with van der Waals surface area (Å²) in [4.78, 5) is 12.3. The molecule has 29 heavy (non-hydrogen) atoms. The van der Waals surface area contributed by atoms with Crippen LogP contribution in [-0.2, 0) is 7.05 Å². The fourth-order valence-electron chi connectivity index (χ4n) is 3.75. The molecule has 0 bridgehead atoms. The number of benzene rings is 2. The lowest BCUT2D eigenvalue weighted by molar-refractivity contribution is -0.0502. The number of amides is 1. The van der Waals surface area contributed by atoms with Crippen molar-refractivity contribution >= 4 is 32.7 Å². The molecule has 1 unspecified atom stereocenters. The second-order valence-corrected chi connectivity index (χ2v) is 7.78. The number of aromatic nitrogens is 2. The van der Waals surface area contributed by atoms with Crippen molar-refractivity contribution in [3.8, 4) is 23.1 Å². The quantitative estimate of drug-likeness (QED) is 0.630. The van der Waals surface area contributed by atoms with Gasteiger partial charge in [0.2, 0.25) is 0 Å². The Morgan fingerprint density at radius 3 is 2.83 bits per heavy atom. The smallest absolute Gasteiger partial charge is 0.387 e. The maximum atomic E-state index is 13.1. The number of hydrogen-bond acceptors (Lipinski definition) is 4. The zero-order valence-electron chi connectivity index (χ0n) is 15.5. The Labute approximate surface area is 173 Å². The number of nitrogens with one attached hydrogen (secondary N) is 1. The minimum atomic E-state index is -3.08. The fourth-order valence-corrected chi connectivity index (χ4v) is 4.20. The van der Waals surface area contributed by atoms with Gasteiger partial charge in [-0.1, -0.05) is 22.9 Å². The summed E-state index contributed by atoms with van der Waals surface area (Å²) < 4.78 is 33.1. The number of nitrogens with zero attached hydrogens (tertiary/aromatic N) is 3. The highest BCUT2D eigenvalue weighted by molar-refractivity contribution is 9.10. The minimum absolute atomic E-state index is 0.0910. The number of halogens is 3. The molecule has 4 rings (SSSR count). The molecule has 0 spiro atoms. The largest absolute Gasteiger partial charge is 0.434 e. The SMILES string of the molecule is CC1CNC(=O)c2c(OC(F)F)cc(-c3c4c(C#N)cc(Br)cc4nn3C)cc21. The molecule has 1 N–H and O–H groups in total. The van der Waals surface area contributed by atoms with Crippen molar-refractivity contribution in [3.63, 3.8) is 0 Å². The summed E-state index contributed by atoms with van der Waals surface area (Å²) in [5.74, 6) is -0.731. The Bertz CT molecular complexity index is 1200. The molecule has 0 saturated heterocycles. The van der Waals surface area contributed by atoms with Crippen molar-refractivity contribution in [2.45, 2.75) is 19.5 Å². The van der Waals surface area contributed by atoms with Gasteiger partial charge < -0.3 is 10.1 Å². The van der Waals surface area contributed by atoms with Gasteiger partial charge in [-0.15, -0.1) is 0 Å². The number of hydrogen-bond donors (Lipinski definition) is 1. The standard InChI is InChI=1S/C20H15BrF2N4O2/c1-9-8-25-19(28)17-13(9)4-10(5-15(17)29-20(22)23)18-16-11(7-24)3-12(21)6-14(16)26-27(18)2/h3-6,9,20H,8H2,1-2H3,(H,25,28). The number of carbonyl (C=O) groups excluding carboxylic acids is 1. The van der Waals surface area contributed by atoms with E-state index in [1.165, 1.54) is 6.07 Å². The molecule has 2 heterocycles. The van der Waals surface area contributed by atoms with Crippen LogP contribution in [0.25, 0.3) is 22.2 Å². The monoisotopic (exact) mass is 460 g/mol. The molecule has 9 heteroatoms. The average Bonchev–Trinajstić information content (AvgIpc) is 2.98. The van der Waals surface area contributed by atoms with E-state index in [0.717, 1.165) is 0 Å². The van der Waals surface area contributed by atoms with Gasteiger partial charge in [-0.25, -0.2) is 0 Å². The number of ether oxygens (including phenoxy) is 1. The highest BCUT2D eigenvalue weighted by atomic mass is 79.9. The van der Waals surface area contributed by atoms with Gasteiger partial charge in [0, 0.05) is 29.0 Å². The summed E-state index contributed by atoms with van der Waals surface area (Å²) in [5, 5.41) is 17.4. The number of aryl methyl sites for hydroxylation is 1. The molecule has 1 atom stereocenters. The van der Waals surface area contributed by atoms with Crippen LogP contribution >= 0.6 is 15.9 Å². The Kier molecular flexibility index (Phi) is 4.74. The topological polar surface area (TPSA) is 79.9 Å². The molecule has 1 amide bonds. The maximum Gasteiger partial charge on any atom is 0.387 e. The van der Waals surface area contributed by atoms with Crippen molar-refractivity contribution in [2.75, 3.05) is 6.54 Å². The van der Waals surface area contributed by atoms with Crippen LogP contribution in [0.15, 0.2) is 28.7 Å². The van der Waals surface area contributed by atoms with Gasteiger partial charge in [0.25, 0.3) is 5.91 Å². The number of rotatable bonds is 3. The van der Waals surface area contributed by atoms with Crippen LogP contribution in [0.3, 0.4) is 0 Å². The molecule has 2 aromatic carbocycles. The first-order chi connectivity index (χ1) is 13.8. The van der Waals surface area contributed by atoms with E-state index in [1.807, 2.05) is 6.92 Å². The molecule has 1 aliphatic heterocycles. The van der Waals surface area contributed by atoms with Gasteiger partial charge in [-0.3, -0.25) is 9.48 Å². The predicted molar refractivity (Wildman–Crippen MR) is 106 cm³/mol. The molecular formula is C20H15BrF2N4O2. The van der Waals surface area contributed by atoms with E-state index >= 15 is 0 Å². The van der Waals surface area contributed by atoms with Crippen molar-refractivity contribution in [2.24, 2.45) is 7.05 Å². The Morgan fingerprint density at radius 1 is 1.38 bits per heavy atom. The molecule has 1 aliphatic rings. The summed E-state index contributed by atoms with van der Waals surface area (Å²) in [6.45, 7) is -0.785. The van der Waals surface area contributed by atoms with Crippen LogP contribution < -0.4 is 10.1 Å². The van der Waals surface area contributed by atoms with E-state index in [9.17, 15) is 18.8 Å². The van der Waals surface area contributed by atoms with Crippen LogP contribution in [0.5, 0.6) is 5.75 Å². The summed E-state index contributed by atoms with van der Waals surface area (Å²) in [5.41, 5.74) is 2.86. The molecule has 3 aromatic rings. The van der Waals surface area contributed by atoms with E-state index in [0.29, 0.717) is 44.3 Å². The van der Waals surface area contributed by atoms with E-state index in [4.69, 9.17) is 4.74 Å². The predicted octanol–water partition coefficient (Wildman–Crippen LogP) is 4.32. The third kappa shape index (κ3) is 3.23. The maximum absolute atomic E-state index is 13.1. The first-order valence-corrected chi connectivity index (χ1v) is 9.57. The Morgan fingerprint density at radius 2 is 2.14 bits per heavy atom. The number of alkyl halides is 2. The lowest BCUT2D eigenvalue weighted by Crippen LogP contribution is -2.34. The van der Waals surface area contributed by atoms with E-state index in [2.05, 4.69) is 32.4 Å². The molecular weight excluding hydrogens is 446 g/mol. The van der Waals surface area contributed by atoms with Gasteiger partial charge in [0.05, 0.1) is 28.4 Å². The van der Waals surface area contributed by atoms with E-state index in [1.54, 1.807) is 29.9 Å². The summed E-state index contributed by atoms with van der Waals surface area (Å²) >= 11 is 3.37. The van der Waals surface area contributed by atoms with Crippen LogP contribution in [-0.4, -0.2) is 28.8 Å². The third-order valence-corrected chi connectivity index (χ3v) is 5.43. The second-order valence-electron chi connectivity index (χ2n) is 6.86. The van der Waals surface area contributed by atoms with Crippen molar-refractivity contribution in [3.05, 3.63) is 45.4 Å². The van der Waals surface area contributed by atoms with Gasteiger partial charge in [-0.2, -0.15) is 19.1 Å². The minimum Gasteiger partial charge on any atom is -0.434 e. The molecule has 0 fully saturated rings. The average molecular weight is 461 g/mol. The molecule has 0 radical (unpaired) electrons. The number of carbonyl (C=O) groups is 1. The highest BCUT2D eigenvalue weighted by Gasteiger charge is 2.29. The van der Waals surface area contributed by atoms with Crippen molar-refractivity contribution in [1.82, 2.24) is 15.1 Å². The molecule has 0 saturated carbocycles. The number of nitriles is 1. The normalized spacial score (nSPS) is 15.9. The first-order valence-electron chi connectivity index (χ1n) is 8.77. The van der Waals surface area contributed by atoms with Gasteiger partial charge in [0.1, 0.15) is 5.75 Å². The summed E-state index contributed by atoms with van der Waals surface area (Å²) in [6, 6.07) is 8.82. The molecule has 0 aliphatic carbocycles. The Balaban J connectivity index is 2.04.